The predicted molar refractivity (Wildman–Crippen MR) is 77.6 cm³/mol. The molecule has 0 saturated heterocycles. The molecule has 106 valence electrons. The lowest BCUT2D eigenvalue weighted by Crippen LogP contribution is -2.36. The first kappa shape index (κ1) is 15.8. The molecule has 0 fully saturated rings. The van der Waals surface area contributed by atoms with Crippen LogP contribution >= 0.6 is 11.6 Å². The van der Waals surface area contributed by atoms with E-state index in [1.54, 1.807) is 13.2 Å². The molecule has 5 heteroatoms. The minimum absolute atomic E-state index is 0.0327. The van der Waals surface area contributed by atoms with Crippen LogP contribution in [0.1, 0.15) is 19.4 Å². The van der Waals surface area contributed by atoms with Gasteiger partial charge < -0.3 is 10.1 Å². The lowest BCUT2D eigenvalue weighted by molar-refractivity contribution is -0.122. The van der Waals surface area contributed by atoms with Crippen molar-refractivity contribution in [2.45, 2.75) is 20.4 Å². The highest BCUT2D eigenvalue weighted by atomic mass is 35.5. The van der Waals surface area contributed by atoms with Gasteiger partial charge in [0, 0.05) is 23.7 Å². The molecule has 0 aromatic heterocycles. The van der Waals surface area contributed by atoms with Crippen molar-refractivity contribution in [3.8, 4) is 5.75 Å². The van der Waals surface area contributed by atoms with E-state index in [9.17, 15) is 4.79 Å². The SMILES string of the molecule is CCNC(=O)CN(CC)Cc1cc(Cl)ccc1OC. The molecule has 1 rings (SSSR count). The summed E-state index contributed by atoms with van der Waals surface area (Å²) in [5.41, 5.74) is 0.987. The highest BCUT2D eigenvalue weighted by Gasteiger charge is 2.12. The molecule has 0 aliphatic rings. The Kier molecular flexibility index (Phi) is 6.67. The fraction of sp³-hybridized carbons (Fsp3) is 0.500. The van der Waals surface area contributed by atoms with Crippen molar-refractivity contribution < 1.29 is 9.53 Å². The summed E-state index contributed by atoms with van der Waals surface area (Å²) in [6.07, 6.45) is 0. The molecule has 19 heavy (non-hydrogen) atoms. The van der Waals surface area contributed by atoms with E-state index in [2.05, 4.69) is 5.32 Å². The van der Waals surface area contributed by atoms with Gasteiger partial charge in [0.05, 0.1) is 13.7 Å². The van der Waals surface area contributed by atoms with E-state index in [0.29, 0.717) is 24.7 Å². The maximum atomic E-state index is 11.6. The van der Waals surface area contributed by atoms with Gasteiger partial charge in [-0.15, -0.1) is 0 Å². The smallest absolute Gasteiger partial charge is 0.234 e. The number of carbonyl (C=O) groups excluding carboxylic acids is 1. The number of carbonyl (C=O) groups is 1. The Hall–Kier alpha value is -1.26. The van der Waals surface area contributed by atoms with Gasteiger partial charge in [-0.2, -0.15) is 0 Å². The van der Waals surface area contributed by atoms with E-state index in [0.717, 1.165) is 17.9 Å². The Labute approximate surface area is 119 Å². The third-order valence-corrected chi connectivity index (χ3v) is 3.06. The number of hydrogen-bond acceptors (Lipinski definition) is 3. The van der Waals surface area contributed by atoms with Crippen LogP contribution in [0.5, 0.6) is 5.75 Å². The largest absolute Gasteiger partial charge is 0.496 e. The highest BCUT2D eigenvalue weighted by Crippen LogP contribution is 2.23. The van der Waals surface area contributed by atoms with Crippen molar-refractivity contribution in [1.29, 1.82) is 0 Å². The van der Waals surface area contributed by atoms with Gasteiger partial charge >= 0.3 is 0 Å². The van der Waals surface area contributed by atoms with Crippen molar-refractivity contribution in [2.75, 3.05) is 26.7 Å². The van der Waals surface area contributed by atoms with Crippen LogP contribution in [0.4, 0.5) is 0 Å². The lowest BCUT2D eigenvalue weighted by Gasteiger charge is -2.21. The number of ether oxygens (including phenoxy) is 1. The first-order chi connectivity index (χ1) is 9.10. The fourth-order valence-electron chi connectivity index (χ4n) is 1.85. The summed E-state index contributed by atoms with van der Waals surface area (Å²) >= 11 is 6.00. The van der Waals surface area contributed by atoms with Crippen LogP contribution in [0.25, 0.3) is 0 Å². The summed E-state index contributed by atoms with van der Waals surface area (Å²) in [5.74, 6) is 0.823. The van der Waals surface area contributed by atoms with E-state index >= 15 is 0 Å². The molecule has 0 aliphatic heterocycles. The number of halogens is 1. The Balaban J connectivity index is 2.74. The molecule has 1 aromatic carbocycles. The number of nitrogens with zero attached hydrogens (tertiary/aromatic N) is 1. The van der Waals surface area contributed by atoms with Gasteiger partial charge in [-0.3, -0.25) is 9.69 Å². The number of methoxy groups -OCH3 is 1. The van der Waals surface area contributed by atoms with Crippen LogP contribution in [0.15, 0.2) is 18.2 Å². The summed E-state index contributed by atoms with van der Waals surface area (Å²) < 4.78 is 5.31. The molecule has 0 bridgehead atoms. The van der Waals surface area contributed by atoms with E-state index in [4.69, 9.17) is 16.3 Å². The number of amides is 1. The molecule has 1 N–H and O–H groups in total. The zero-order valence-corrected chi connectivity index (χ0v) is 12.5. The van der Waals surface area contributed by atoms with Crippen LogP contribution < -0.4 is 10.1 Å². The summed E-state index contributed by atoms with van der Waals surface area (Å²) in [6.45, 7) is 6.38. The van der Waals surface area contributed by atoms with Crippen molar-refractivity contribution in [2.24, 2.45) is 0 Å². The number of rotatable bonds is 7. The minimum atomic E-state index is 0.0327. The summed E-state index contributed by atoms with van der Waals surface area (Å²) in [7, 11) is 1.63. The maximum Gasteiger partial charge on any atom is 0.234 e. The molecule has 0 saturated carbocycles. The standard InChI is InChI=1S/C14H21ClN2O2/c1-4-16-14(18)10-17(5-2)9-11-8-12(15)6-7-13(11)19-3/h6-8H,4-5,9-10H2,1-3H3,(H,16,18). The first-order valence-corrected chi connectivity index (χ1v) is 6.80. The van der Waals surface area contributed by atoms with Crippen molar-refractivity contribution >= 4 is 17.5 Å². The third kappa shape index (κ3) is 5.09. The van der Waals surface area contributed by atoms with Gasteiger partial charge in [0.15, 0.2) is 0 Å². The monoisotopic (exact) mass is 284 g/mol. The average Bonchev–Trinajstić information content (AvgIpc) is 2.38. The summed E-state index contributed by atoms with van der Waals surface area (Å²) in [6, 6.07) is 5.52. The van der Waals surface area contributed by atoms with Gasteiger partial charge in [0.2, 0.25) is 5.91 Å². The normalized spacial score (nSPS) is 10.6. The molecule has 0 atom stereocenters. The quantitative estimate of drug-likeness (QED) is 0.835. The Bertz CT molecular complexity index is 424. The van der Waals surface area contributed by atoms with Gasteiger partial charge in [-0.1, -0.05) is 18.5 Å². The zero-order valence-electron chi connectivity index (χ0n) is 11.7. The van der Waals surface area contributed by atoms with Gasteiger partial charge in [-0.05, 0) is 31.7 Å². The maximum absolute atomic E-state index is 11.6. The van der Waals surface area contributed by atoms with Crippen molar-refractivity contribution in [3.05, 3.63) is 28.8 Å². The molecule has 4 nitrogen and oxygen atoms in total. The summed E-state index contributed by atoms with van der Waals surface area (Å²) in [4.78, 5) is 13.7. The molecular weight excluding hydrogens is 264 g/mol. The topological polar surface area (TPSA) is 41.6 Å². The van der Waals surface area contributed by atoms with Crippen LogP contribution in [0.2, 0.25) is 5.02 Å². The third-order valence-electron chi connectivity index (χ3n) is 2.82. The number of benzene rings is 1. The lowest BCUT2D eigenvalue weighted by atomic mass is 10.2. The fourth-order valence-corrected chi connectivity index (χ4v) is 2.04. The van der Waals surface area contributed by atoms with E-state index in [1.807, 2.05) is 30.9 Å². The van der Waals surface area contributed by atoms with Crippen LogP contribution in [-0.2, 0) is 11.3 Å². The zero-order chi connectivity index (χ0) is 14.3. The summed E-state index contributed by atoms with van der Waals surface area (Å²) in [5, 5.41) is 3.47. The number of likely N-dealkylation sites (N-methyl/N-ethyl adjacent to an activating group) is 2. The first-order valence-electron chi connectivity index (χ1n) is 6.42. The van der Waals surface area contributed by atoms with Gasteiger partial charge in [0.25, 0.3) is 0 Å². The van der Waals surface area contributed by atoms with Crippen molar-refractivity contribution in [3.63, 3.8) is 0 Å². The van der Waals surface area contributed by atoms with Crippen molar-refractivity contribution in [1.82, 2.24) is 10.2 Å². The molecule has 0 spiro atoms. The van der Waals surface area contributed by atoms with Crippen LogP contribution in [-0.4, -0.2) is 37.6 Å². The van der Waals surface area contributed by atoms with Crippen LogP contribution in [0, 0.1) is 0 Å². The van der Waals surface area contributed by atoms with Gasteiger partial charge in [-0.25, -0.2) is 0 Å². The average molecular weight is 285 g/mol. The molecule has 0 unspecified atom stereocenters. The second-order valence-electron chi connectivity index (χ2n) is 4.21. The van der Waals surface area contributed by atoms with E-state index in [1.165, 1.54) is 0 Å². The van der Waals surface area contributed by atoms with E-state index < -0.39 is 0 Å². The highest BCUT2D eigenvalue weighted by molar-refractivity contribution is 6.30. The van der Waals surface area contributed by atoms with Crippen LogP contribution in [0.3, 0.4) is 0 Å². The second kappa shape index (κ2) is 8.02. The molecule has 1 aromatic rings. The number of hydrogen-bond donors (Lipinski definition) is 1. The second-order valence-corrected chi connectivity index (χ2v) is 4.65. The Morgan fingerprint density at radius 2 is 2.16 bits per heavy atom. The Morgan fingerprint density at radius 1 is 1.42 bits per heavy atom. The van der Waals surface area contributed by atoms with Gasteiger partial charge in [0.1, 0.15) is 5.75 Å². The predicted octanol–water partition coefficient (Wildman–Crippen LogP) is 2.31. The number of nitrogens with one attached hydrogen (secondary N) is 1. The molecule has 0 radical (unpaired) electrons. The minimum Gasteiger partial charge on any atom is -0.496 e. The van der Waals surface area contributed by atoms with E-state index in [-0.39, 0.29) is 5.91 Å². The Morgan fingerprint density at radius 3 is 2.74 bits per heavy atom. The molecular formula is C14H21ClN2O2. The molecule has 0 heterocycles. The molecule has 1 amide bonds. The molecule has 0 aliphatic carbocycles.